The van der Waals surface area contributed by atoms with Crippen molar-refractivity contribution < 1.29 is 18.0 Å². The van der Waals surface area contributed by atoms with Crippen LogP contribution in [0.1, 0.15) is 10.4 Å². The predicted molar refractivity (Wildman–Crippen MR) is 111 cm³/mol. The van der Waals surface area contributed by atoms with E-state index in [0.29, 0.717) is 35.7 Å². The topological polar surface area (TPSA) is 83.0 Å². The first-order chi connectivity index (χ1) is 13.7. The third kappa shape index (κ3) is 4.65. The van der Waals surface area contributed by atoms with Crippen molar-refractivity contribution in [3.63, 3.8) is 0 Å². The monoisotopic (exact) mass is 458 g/mol. The Bertz CT molecular complexity index is 993. The van der Waals surface area contributed by atoms with Gasteiger partial charge in [-0.3, -0.25) is 9.63 Å². The first-order valence-corrected chi connectivity index (χ1v) is 10.9. The predicted octanol–water partition coefficient (Wildman–Crippen LogP) is 2.53. The van der Waals surface area contributed by atoms with Crippen molar-refractivity contribution in [2.75, 3.05) is 45.2 Å². The van der Waals surface area contributed by atoms with Gasteiger partial charge in [-0.25, -0.2) is 13.4 Å². The van der Waals surface area contributed by atoms with Crippen LogP contribution in [0.5, 0.6) is 0 Å². The van der Waals surface area contributed by atoms with Crippen molar-refractivity contribution in [1.29, 1.82) is 0 Å². The number of piperazine rings is 1. The van der Waals surface area contributed by atoms with Gasteiger partial charge in [0.2, 0.25) is 0 Å². The molecule has 3 rings (SSSR count). The van der Waals surface area contributed by atoms with Gasteiger partial charge in [0, 0.05) is 45.0 Å². The van der Waals surface area contributed by atoms with Gasteiger partial charge in [-0.05, 0) is 30.3 Å². The molecule has 0 unspecified atom stereocenters. The zero-order valence-corrected chi connectivity index (χ0v) is 18.2. The van der Waals surface area contributed by atoms with Gasteiger partial charge in [-0.2, -0.15) is 0 Å². The Kier molecular flexibility index (Phi) is 6.65. The van der Waals surface area contributed by atoms with Gasteiger partial charge in [-0.1, -0.05) is 27.7 Å². The van der Waals surface area contributed by atoms with E-state index in [4.69, 9.17) is 28.0 Å². The zero-order valence-electron chi connectivity index (χ0n) is 15.9. The van der Waals surface area contributed by atoms with Crippen LogP contribution in [0.25, 0.3) is 0 Å². The SMILES string of the molecule is CON(C)S(=O)(=O)c1cc(C(=O)N2CCN(c3ccc(Cl)cn3)CC2)ccc1Cl. The molecule has 0 bridgehead atoms. The second kappa shape index (κ2) is 8.85. The number of hydroxylamine groups is 1. The molecular weight excluding hydrogens is 439 g/mol. The summed E-state index contributed by atoms with van der Waals surface area (Å²) in [6.07, 6.45) is 1.58. The standard InChI is InChI=1S/C18H20Cl2N4O4S/c1-22(28-2)29(26,27)16-11-13(3-5-15(16)20)18(25)24-9-7-23(8-10-24)17-6-4-14(19)12-21-17/h3-6,11-12H,7-10H2,1-2H3. The van der Waals surface area contributed by atoms with Gasteiger partial charge in [0.15, 0.2) is 0 Å². The fraction of sp³-hybridized carbons (Fsp3) is 0.333. The molecule has 0 spiro atoms. The van der Waals surface area contributed by atoms with Crippen LogP contribution in [-0.4, -0.2) is 69.0 Å². The molecule has 156 valence electrons. The highest BCUT2D eigenvalue weighted by Crippen LogP contribution is 2.26. The summed E-state index contributed by atoms with van der Waals surface area (Å²) in [5.41, 5.74) is 0.246. The maximum atomic E-state index is 12.9. The van der Waals surface area contributed by atoms with Gasteiger partial charge in [0.05, 0.1) is 17.2 Å². The van der Waals surface area contributed by atoms with Crippen LogP contribution in [0.2, 0.25) is 10.0 Å². The second-order valence-corrected chi connectivity index (χ2v) is 9.10. The Balaban J connectivity index is 1.75. The summed E-state index contributed by atoms with van der Waals surface area (Å²) in [4.78, 5) is 25.5. The van der Waals surface area contributed by atoms with Crippen LogP contribution >= 0.6 is 23.2 Å². The number of hydrogen-bond donors (Lipinski definition) is 0. The maximum Gasteiger partial charge on any atom is 0.266 e. The Morgan fingerprint density at radius 2 is 1.83 bits per heavy atom. The highest BCUT2D eigenvalue weighted by Gasteiger charge is 2.27. The number of anilines is 1. The van der Waals surface area contributed by atoms with E-state index in [-0.39, 0.29) is 21.4 Å². The van der Waals surface area contributed by atoms with Crippen molar-refractivity contribution in [3.05, 3.63) is 52.1 Å². The molecule has 1 fully saturated rings. The van der Waals surface area contributed by atoms with E-state index in [1.807, 2.05) is 6.07 Å². The number of carbonyl (C=O) groups is 1. The number of aromatic nitrogens is 1. The fourth-order valence-corrected chi connectivity index (χ4v) is 4.53. The van der Waals surface area contributed by atoms with E-state index < -0.39 is 10.0 Å². The highest BCUT2D eigenvalue weighted by atomic mass is 35.5. The van der Waals surface area contributed by atoms with Gasteiger partial charge in [0.25, 0.3) is 15.9 Å². The average Bonchev–Trinajstić information content (AvgIpc) is 2.73. The number of carbonyl (C=O) groups excluding carboxylic acids is 1. The van der Waals surface area contributed by atoms with Crippen LogP contribution in [-0.2, 0) is 14.9 Å². The minimum atomic E-state index is -3.97. The van der Waals surface area contributed by atoms with Gasteiger partial charge >= 0.3 is 0 Å². The van der Waals surface area contributed by atoms with E-state index in [1.54, 1.807) is 17.2 Å². The van der Waals surface area contributed by atoms with Gasteiger partial charge < -0.3 is 9.80 Å². The third-order valence-electron chi connectivity index (χ3n) is 4.65. The Labute approximate surface area is 179 Å². The smallest absolute Gasteiger partial charge is 0.266 e. The lowest BCUT2D eigenvalue weighted by molar-refractivity contribution is -0.0258. The molecule has 0 atom stereocenters. The molecule has 1 aliphatic rings. The van der Waals surface area contributed by atoms with E-state index in [1.165, 1.54) is 32.4 Å². The normalized spacial score (nSPS) is 15.1. The maximum absolute atomic E-state index is 12.9. The molecular formula is C18H20Cl2N4O4S. The molecule has 1 saturated heterocycles. The molecule has 0 N–H and O–H groups in total. The van der Waals surface area contributed by atoms with Crippen molar-refractivity contribution in [3.8, 4) is 0 Å². The highest BCUT2D eigenvalue weighted by molar-refractivity contribution is 7.89. The van der Waals surface area contributed by atoms with E-state index >= 15 is 0 Å². The van der Waals surface area contributed by atoms with Crippen LogP contribution in [0, 0.1) is 0 Å². The lowest BCUT2D eigenvalue weighted by atomic mass is 10.2. The van der Waals surface area contributed by atoms with E-state index in [9.17, 15) is 13.2 Å². The van der Waals surface area contributed by atoms with Crippen molar-refractivity contribution in [2.24, 2.45) is 0 Å². The van der Waals surface area contributed by atoms with Gasteiger partial charge in [-0.15, -0.1) is 0 Å². The summed E-state index contributed by atoms with van der Waals surface area (Å²) >= 11 is 11.9. The van der Waals surface area contributed by atoms with Crippen LogP contribution in [0.3, 0.4) is 0 Å². The number of amides is 1. The number of benzene rings is 1. The molecule has 0 radical (unpaired) electrons. The molecule has 1 amide bonds. The van der Waals surface area contributed by atoms with Gasteiger partial charge in [0.1, 0.15) is 10.7 Å². The van der Waals surface area contributed by atoms with E-state index in [0.717, 1.165) is 5.82 Å². The largest absolute Gasteiger partial charge is 0.353 e. The van der Waals surface area contributed by atoms with Crippen molar-refractivity contribution >= 4 is 45.0 Å². The molecule has 11 heteroatoms. The molecule has 2 aromatic rings. The molecule has 2 heterocycles. The first-order valence-electron chi connectivity index (χ1n) is 8.72. The number of nitrogens with zero attached hydrogens (tertiary/aromatic N) is 4. The van der Waals surface area contributed by atoms with Crippen LogP contribution < -0.4 is 4.90 Å². The fourth-order valence-electron chi connectivity index (χ4n) is 2.95. The molecule has 0 saturated carbocycles. The van der Waals surface area contributed by atoms with Crippen molar-refractivity contribution in [1.82, 2.24) is 14.4 Å². The average molecular weight is 459 g/mol. The minimum absolute atomic E-state index is 0.0177. The first kappa shape index (κ1) is 21.8. The Hall–Kier alpha value is -1.91. The Morgan fingerprint density at radius 1 is 1.14 bits per heavy atom. The third-order valence-corrected chi connectivity index (χ3v) is 7.04. The number of rotatable bonds is 5. The summed E-state index contributed by atoms with van der Waals surface area (Å²) in [5, 5.41) is 0.583. The molecule has 0 aliphatic carbocycles. The number of hydrogen-bond acceptors (Lipinski definition) is 6. The molecule has 1 aromatic carbocycles. The van der Waals surface area contributed by atoms with Crippen LogP contribution in [0.15, 0.2) is 41.4 Å². The molecule has 1 aromatic heterocycles. The molecule has 29 heavy (non-hydrogen) atoms. The number of sulfonamides is 1. The van der Waals surface area contributed by atoms with Crippen LogP contribution in [0.4, 0.5) is 5.82 Å². The second-order valence-electron chi connectivity index (χ2n) is 6.36. The summed E-state index contributed by atoms with van der Waals surface area (Å²) < 4.78 is 25.7. The Morgan fingerprint density at radius 3 is 2.41 bits per heavy atom. The lowest BCUT2D eigenvalue weighted by Crippen LogP contribution is -2.49. The summed E-state index contributed by atoms with van der Waals surface area (Å²) in [7, 11) is -1.49. The van der Waals surface area contributed by atoms with E-state index in [2.05, 4.69) is 9.88 Å². The molecule has 1 aliphatic heterocycles. The quantitative estimate of drug-likeness (QED) is 0.640. The molecule has 8 nitrogen and oxygen atoms in total. The summed E-state index contributed by atoms with van der Waals surface area (Å²) in [6, 6.07) is 7.81. The number of halogens is 2. The zero-order chi connectivity index (χ0) is 21.2. The summed E-state index contributed by atoms with van der Waals surface area (Å²) in [6.45, 7) is 2.16. The minimum Gasteiger partial charge on any atom is -0.353 e. The van der Waals surface area contributed by atoms with Crippen molar-refractivity contribution in [2.45, 2.75) is 4.90 Å². The number of pyridine rings is 1. The lowest BCUT2D eigenvalue weighted by Gasteiger charge is -2.35. The summed E-state index contributed by atoms with van der Waals surface area (Å²) in [5.74, 6) is 0.533.